The monoisotopic (exact) mass is 374 g/mol. The lowest BCUT2D eigenvalue weighted by Crippen LogP contribution is -2.30. The molecule has 0 radical (unpaired) electrons. The van der Waals surface area contributed by atoms with Crippen molar-refractivity contribution in [1.82, 2.24) is 5.32 Å². The van der Waals surface area contributed by atoms with E-state index in [2.05, 4.69) is 5.32 Å². The van der Waals surface area contributed by atoms with Gasteiger partial charge in [0.2, 0.25) is 0 Å². The van der Waals surface area contributed by atoms with E-state index in [1.54, 1.807) is 6.92 Å². The van der Waals surface area contributed by atoms with Crippen molar-refractivity contribution in [3.63, 3.8) is 0 Å². The molecule has 0 aliphatic rings. The number of nitro benzene ring substituents is 1. The van der Waals surface area contributed by atoms with E-state index in [0.29, 0.717) is 11.1 Å². The summed E-state index contributed by atoms with van der Waals surface area (Å²) in [5.41, 5.74) is 1.68. The molecule has 2 atom stereocenters. The van der Waals surface area contributed by atoms with E-state index in [9.17, 15) is 25.1 Å². The van der Waals surface area contributed by atoms with E-state index >= 15 is 0 Å². The van der Waals surface area contributed by atoms with Crippen molar-refractivity contribution in [3.8, 4) is 0 Å². The van der Waals surface area contributed by atoms with Gasteiger partial charge >= 0.3 is 6.09 Å². The molecule has 144 valence electrons. The molecule has 2 aromatic rings. The summed E-state index contributed by atoms with van der Waals surface area (Å²) in [6.45, 7) is 1.87. The maximum Gasteiger partial charge on any atom is 0.407 e. The summed E-state index contributed by atoms with van der Waals surface area (Å²) in [6, 6.07) is 13.2. The van der Waals surface area contributed by atoms with Crippen molar-refractivity contribution in [2.45, 2.75) is 32.2 Å². The standard InChI is InChI=1S/C19H22N2O6/c1-13-11-15(21(25)26)7-8-16(13)18(23)17(22)9-10-20-19(24)27-12-14-5-3-2-4-6-14/h2-8,11,17-18,22-23H,9-10,12H2,1H3,(H,20,24). The smallest absolute Gasteiger partial charge is 0.407 e. The van der Waals surface area contributed by atoms with Crippen molar-refractivity contribution in [2.24, 2.45) is 0 Å². The van der Waals surface area contributed by atoms with Crippen LogP contribution in [0, 0.1) is 17.0 Å². The minimum absolute atomic E-state index is 0.0826. The number of aliphatic hydroxyl groups is 2. The number of aryl methyl sites for hydroxylation is 1. The molecule has 0 heterocycles. The summed E-state index contributed by atoms with van der Waals surface area (Å²) in [7, 11) is 0. The second-order valence-corrected chi connectivity index (χ2v) is 6.09. The van der Waals surface area contributed by atoms with Gasteiger partial charge in [-0.1, -0.05) is 30.3 Å². The Morgan fingerprint density at radius 3 is 2.56 bits per heavy atom. The predicted molar refractivity (Wildman–Crippen MR) is 98.0 cm³/mol. The molecule has 2 aromatic carbocycles. The number of benzene rings is 2. The van der Waals surface area contributed by atoms with Crippen molar-refractivity contribution >= 4 is 11.8 Å². The van der Waals surface area contributed by atoms with E-state index in [0.717, 1.165) is 5.56 Å². The van der Waals surface area contributed by atoms with Crippen LogP contribution in [-0.2, 0) is 11.3 Å². The average molecular weight is 374 g/mol. The molecular formula is C19H22N2O6. The van der Waals surface area contributed by atoms with Crippen molar-refractivity contribution < 1.29 is 24.7 Å². The fraction of sp³-hybridized carbons (Fsp3) is 0.316. The molecule has 2 rings (SSSR count). The lowest BCUT2D eigenvalue weighted by molar-refractivity contribution is -0.384. The Morgan fingerprint density at radius 1 is 1.22 bits per heavy atom. The molecule has 3 N–H and O–H groups in total. The quantitative estimate of drug-likeness (QED) is 0.482. The number of carbonyl (C=O) groups is 1. The topological polar surface area (TPSA) is 122 Å². The normalized spacial score (nSPS) is 12.9. The summed E-state index contributed by atoms with van der Waals surface area (Å²) in [6.07, 6.45) is -2.88. The molecule has 0 spiro atoms. The molecule has 27 heavy (non-hydrogen) atoms. The second-order valence-electron chi connectivity index (χ2n) is 6.09. The summed E-state index contributed by atoms with van der Waals surface area (Å²) in [4.78, 5) is 21.9. The Balaban J connectivity index is 1.78. The van der Waals surface area contributed by atoms with Gasteiger partial charge in [-0.15, -0.1) is 0 Å². The van der Waals surface area contributed by atoms with E-state index in [1.807, 2.05) is 30.3 Å². The van der Waals surface area contributed by atoms with Crippen molar-refractivity contribution in [3.05, 3.63) is 75.3 Å². The fourth-order valence-corrected chi connectivity index (χ4v) is 2.57. The number of ether oxygens (including phenoxy) is 1. The van der Waals surface area contributed by atoms with Crippen LogP contribution in [0.5, 0.6) is 0 Å². The third-order valence-electron chi connectivity index (χ3n) is 4.07. The highest BCUT2D eigenvalue weighted by Crippen LogP contribution is 2.25. The number of non-ortho nitro benzene ring substituents is 1. The zero-order valence-corrected chi connectivity index (χ0v) is 14.9. The number of hydrogen-bond acceptors (Lipinski definition) is 6. The molecule has 1 amide bonds. The molecule has 0 saturated carbocycles. The number of hydrogen-bond donors (Lipinski definition) is 3. The number of nitro groups is 1. The van der Waals surface area contributed by atoms with E-state index in [4.69, 9.17) is 4.74 Å². The third-order valence-corrected chi connectivity index (χ3v) is 4.07. The van der Waals surface area contributed by atoms with Gasteiger partial charge in [-0.25, -0.2) is 4.79 Å². The minimum atomic E-state index is -1.21. The number of nitrogens with zero attached hydrogens (tertiary/aromatic N) is 1. The van der Waals surface area contributed by atoms with Crippen LogP contribution in [0.2, 0.25) is 0 Å². The van der Waals surface area contributed by atoms with Gasteiger partial charge < -0.3 is 20.3 Å². The zero-order chi connectivity index (χ0) is 19.8. The molecule has 0 aromatic heterocycles. The largest absolute Gasteiger partial charge is 0.445 e. The van der Waals surface area contributed by atoms with Crippen LogP contribution in [0.15, 0.2) is 48.5 Å². The van der Waals surface area contributed by atoms with Crippen LogP contribution >= 0.6 is 0 Å². The van der Waals surface area contributed by atoms with E-state index in [-0.39, 0.29) is 25.3 Å². The molecule has 2 unspecified atom stereocenters. The number of rotatable bonds is 8. The SMILES string of the molecule is Cc1cc([N+](=O)[O-])ccc1C(O)C(O)CCNC(=O)OCc1ccccc1. The lowest BCUT2D eigenvalue weighted by atomic mass is 9.97. The van der Waals surface area contributed by atoms with E-state index in [1.165, 1.54) is 18.2 Å². The number of nitrogens with one attached hydrogen (secondary N) is 1. The maximum absolute atomic E-state index is 11.7. The van der Waals surface area contributed by atoms with Crippen LogP contribution < -0.4 is 5.32 Å². The van der Waals surface area contributed by atoms with Crippen molar-refractivity contribution in [1.29, 1.82) is 0 Å². The Morgan fingerprint density at radius 2 is 1.93 bits per heavy atom. The van der Waals surface area contributed by atoms with E-state index < -0.39 is 23.2 Å². The highest BCUT2D eigenvalue weighted by molar-refractivity contribution is 5.67. The van der Waals surface area contributed by atoms with Gasteiger partial charge in [0.1, 0.15) is 12.7 Å². The molecule has 8 heteroatoms. The first-order valence-corrected chi connectivity index (χ1v) is 8.44. The first-order chi connectivity index (χ1) is 12.9. The number of aliphatic hydroxyl groups excluding tert-OH is 2. The fourth-order valence-electron chi connectivity index (χ4n) is 2.57. The second kappa shape index (κ2) is 9.65. The molecule has 8 nitrogen and oxygen atoms in total. The Kier molecular flexibility index (Phi) is 7.27. The first-order valence-electron chi connectivity index (χ1n) is 8.44. The van der Waals surface area contributed by atoms with Gasteiger partial charge in [0.15, 0.2) is 0 Å². The van der Waals surface area contributed by atoms with Gasteiger partial charge in [-0.2, -0.15) is 0 Å². The number of amides is 1. The zero-order valence-electron chi connectivity index (χ0n) is 14.9. The lowest BCUT2D eigenvalue weighted by Gasteiger charge is -2.20. The van der Waals surface area contributed by atoms with Gasteiger partial charge in [0.05, 0.1) is 11.0 Å². The van der Waals surface area contributed by atoms with Crippen molar-refractivity contribution in [2.75, 3.05) is 6.54 Å². The van der Waals surface area contributed by atoms with Crippen LogP contribution in [0.3, 0.4) is 0 Å². The van der Waals surface area contributed by atoms with Gasteiger partial charge in [0.25, 0.3) is 5.69 Å². The highest BCUT2D eigenvalue weighted by atomic mass is 16.6. The van der Waals surface area contributed by atoms with Crippen LogP contribution in [0.4, 0.5) is 10.5 Å². The van der Waals surface area contributed by atoms with Gasteiger partial charge in [-0.05, 0) is 36.1 Å². The average Bonchev–Trinajstić information content (AvgIpc) is 2.66. The Bertz CT molecular complexity index is 781. The van der Waals surface area contributed by atoms with Crippen LogP contribution in [0.25, 0.3) is 0 Å². The van der Waals surface area contributed by atoms with Crippen LogP contribution in [-0.4, -0.2) is 33.9 Å². The number of carbonyl (C=O) groups excluding carboxylic acids is 1. The summed E-state index contributed by atoms with van der Waals surface area (Å²) >= 11 is 0. The predicted octanol–water partition coefficient (Wildman–Crippen LogP) is 2.61. The van der Waals surface area contributed by atoms with Crippen LogP contribution in [0.1, 0.15) is 29.2 Å². The summed E-state index contributed by atoms with van der Waals surface area (Å²) < 4.78 is 5.05. The molecule has 0 aliphatic heterocycles. The summed E-state index contributed by atoms with van der Waals surface area (Å²) in [5, 5.41) is 33.6. The van der Waals surface area contributed by atoms with Gasteiger partial charge in [0, 0.05) is 18.7 Å². The minimum Gasteiger partial charge on any atom is -0.445 e. The summed E-state index contributed by atoms with van der Waals surface area (Å²) in [5.74, 6) is 0. The molecule has 0 fully saturated rings. The molecule has 0 saturated heterocycles. The Hall–Kier alpha value is -2.97. The molecular weight excluding hydrogens is 352 g/mol. The third kappa shape index (κ3) is 6.05. The maximum atomic E-state index is 11.7. The molecule has 0 aliphatic carbocycles. The molecule has 0 bridgehead atoms. The van der Waals surface area contributed by atoms with Gasteiger partial charge in [-0.3, -0.25) is 10.1 Å². The first kappa shape index (κ1) is 20.3. The highest BCUT2D eigenvalue weighted by Gasteiger charge is 2.21. The number of alkyl carbamates (subject to hydrolysis) is 1. The Labute approximate surface area is 156 Å².